The molecule has 17 heavy (non-hydrogen) atoms. The molecule has 2 aromatic rings. The zero-order chi connectivity index (χ0) is 12.6. The molecule has 5 nitrogen and oxygen atoms in total. The molecule has 2 aromatic heterocycles. The monoisotopic (exact) mass is 253 g/mol. The van der Waals surface area contributed by atoms with Gasteiger partial charge in [0.15, 0.2) is 0 Å². The average molecular weight is 254 g/mol. The van der Waals surface area contributed by atoms with Gasteiger partial charge in [-0.25, -0.2) is 14.8 Å². The molecule has 0 saturated heterocycles. The summed E-state index contributed by atoms with van der Waals surface area (Å²) in [5.41, 5.74) is 1.24. The van der Waals surface area contributed by atoms with Gasteiger partial charge >= 0.3 is 5.97 Å². The van der Waals surface area contributed by atoms with Crippen LogP contribution in [0.2, 0.25) is 5.15 Å². The van der Waals surface area contributed by atoms with Crippen molar-refractivity contribution in [2.24, 2.45) is 5.92 Å². The molecule has 0 saturated carbocycles. The van der Waals surface area contributed by atoms with E-state index in [9.17, 15) is 4.79 Å². The van der Waals surface area contributed by atoms with Crippen LogP contribution in [-0.4, -0.2) is 26.0 Å². The predicted octanol–water partition coefficient (Wildman–Crippen LogP) is 2.51. The fourth-order valence-electron chi connectivity index (χ4n) is 1.80. The Labute approximate surface area is 103 Å². The second-order valence-corrected chi connectivity index (χ2v) is 4.64. The number of nitrogens with zero attached hydrogens (tertiary/aromatic N) is 2. The molecule has 0 radical (unpaired) electrons. The summed E-state index contributed by atoms with van der Waals surface area (Å²) in [6, 6.07) is 0. The van der Waals surface area contributed by atoms with E-state index >= 15 is 0 Å². The maximum Gasteiger partial charge on any atom is 0.339 e. The highest BCUT2D eigenvalue weighted by atomic mass is 35.5. The van der Waals surface area contributed by atoms with Gasteiger partial charge in [-0.1, -0.05) is 25.4 Å². The highest BCUT2D eigenvalue weighted by Gasteiger charge is 2.21. The number of nitrogens with one attached hydrogen (secondary N) is 1. The van der Waals surface area contributed by atoms with E-state index in [1.54, 1.807) is 0 Å². The maximum absolute atomic E-state index is 11.2. The van der Waals surface area contributed by atoms with Gasteiger partial charge in [0.2, 0.25) is 0 Å². The third kappa shape index (κ3) is 2.10. The Kier molecular flexibility index (Phi) is 3.02. The molecule has 0 aliphatic carbocycles. The van der Waals surface area contributed by atoms with Gasteiger partial charge in [0.25, 0.3) is 0 Å². The van der Waals surface area contributed by atoms with Crippen molar-refractivity contribution < 1.29 is 9.90 Å². The number of H-pyrrole nitrogens is 1. The van der Waals surface area contributed by atoms with Crippen LogP contribution in [0.5, 0.6) is 0 Å². The molecule has 0 amide bonds. The molecule has 2 heterocycles. The summed E-state index contributed by atoms with van der Waals surface area (Å²) in [7, 11) is 0. The van der Waals surface area contributed by atoms with Gasteiger partial charge in [-0.05, 0) is 12.3 Å². The van der Waals surface area contributed by atoms with E-state index in [0.29, 0.717) is 29.1 Å². The van der Waals surface area contributed by atoms with Gasteiger partial charge in [-0.15, -0.1) is 0 Å². The summed E-state index contributed by atoms with van der Waals surface area (Å²) in [4.78, 5) is 22.1. The van der Waals surface area contributed by atoms with E-state index in [2.05, 4.69) is 15.0 Å². The molecule has 0 bridgehead atoms. The minimum absolute atomic E-state index is 0.0536. The van der Waals surface area contributed by atoms with E-state index < -0.39 is 5.97 Å². The van der Waals surface area contributed by atoms with Crippen LogP contribution in [0.3, 0.4) is 0 Å². The lowest BCUT2D eigenvalue weighted by Gasteiger charge is -2.05. The van der Waals surface area contributed by atoms with Crippen molar-refractivity contribution >= 4 is 28.6 Å². The summed E-state index contributed by atoms with van der Waals surface area (Å²) in [5.74, 6) is -0.690. The van der Waals surface area contributed by atoms with Crippen molar-refractivity contribution in [2.75, 3.05) is 0 Å². The number of fused-ring (bicyclic) bond motifs is 1. The van der Waals surface area contributed by atoms with E-state index in [4.69, 9.17) is 16.7 Å². The van der Waals surface area contributed by atoms with Crippen molar-refractivity contribution in [1.82, 2.24) is 15.0 Å². The van der Waals surface area contributed by atoms with Gasteiger partial charge in [-0.2, -0.15) is 0 Å². The van der Waals surface area contributed by atoms with E-state index in [1.165, 1.54) is 6.33 Å². The van der Waals surface area contributed by atoms with Crippen molar-refractivity contribution in [2.45, 2.75) is 20.3 Å². The van der Waals surface area contributed by atoms with Crippen molar-refractivity contribution in [3.05, 3.63) is 22.7 Å². The van der Waals surface area contributed by atoms with Crippen LogP contribution < -0.4 is 0 Å². The topological polar surface area (TPSA) is 78.9 Å². The number of carbonyl (C=O) groups is 1. The molecule has 2 rings (SSSR count). The molecule has 0 spiro atoms. The first kappa shape index (κ1) is 11.9. The number of rotatable bonds is 3. The number of hydrogen-bond donors (Lipinski definition) is 2. The normalized spacial score (nSPS) is 11.3. The number of halogens is 1. The third-order valence-electron chi connectivity index (χ3n) is 2.44. The molecule has 2 N–H and O–H groups in total. The molecular formula is C11H12ClN3O2. The summed E-state index contributed by atoms with van der Waals surface area (Å²) < 4.78 is 0. The number of aromatic carboxylic acids is 1. The van der Waals surface area contributed by atoms with Crippen LogP contribution in [0.4, 0.5) is 0 Å². The first-order chi connectivity index (χ1) is 8.00. The van der Waals surface area contributed by atoms with E-state index in [1.807, 2.05) is 13.8 Å². The first-order valence-electron chi connectivity index (χ1n) is 5.25. The van der Waals surface area contributed by atoms with Crippen molar-refractivity contribution in [3.8, 4) is 0 Å². The van der Waals surface area contributed by atoms with Crippen LogP contribution in [0.15, 0.2) is 6.33 Å². The van der Waals surface area contributed by atoms with Crippen LogP contribution in [0, 0.1) is 5.92 Å². The number of hydrogen-bond acceptors (Lipinski definition) is 3. The van der Waals surface area contributed by atoms with Crippen LogP contribution in [0.25, 0.3) is 11.0 Å². The summed E-state index contributed by atoms with van der Waals surface area (Å²) >= 11 is 5.87. The second kappa shape index (κ2) is 4.33. The SMILES string of the molecule is CC(C)Cc1ncnc2[nH]c(Cl)c(C(=O)O)c12. The Morgan fingerprint density at radius 1 is 1.53 bits per heavy atom. The zero-order valence-electron chi connectivity index (χ0n) is 9.49. The van der Waals surface area contributed by atoms with Crippen LogP contribution >= 0.6 is 11.6 Å². The van der Waals surface area contributed by atoms with E-state index in [0.717, 1.165) is 0 Å². The molecule has 0 fully saturated rings. The average Bonchev–Trinajstić information content (AvgIpc) is 2.54. The Bertz CT molecular complexity index is 577. The molecule has 0 aliphatic heterocycles. The molecule has 0 aromatic carbocycles. The molecule has 0 unspecified atom stereocenters. The van der Waals surface area contributed by atoms with Gasteiger partial charge < -0.3 is 10.1 Å². The minimum Gasteiger partial charge on any atom is -0.478 e. The summed E-state index contributed by atoms with van der Waals surface area (Å²) in [6.07, 6.45) is 2.10. The minimum atomic E-state index is -1.07. The summed E-state index contributed by atoms with van der Waals surface area (Å²) in [6.45, 7) is 4.09. The molecule has 0 atom stereocenters. The number of aromatic nitrogens is 3. The van der Waals surface area contributed by atoms with Crippen molar-refractivity contribution in [3.63, 3.8) is 0 Å². The molecule has 0 aliphatic rings. The largest absolute Gasteiger partial charge is 0.478 e. The fourth-order valence-corrected chi connectivity index (χ4v) is 2.06. The highest BCUT2D eigenvalue weighted by molar-refractivity contribution is 6.34. The zero-order valence-corrected chi connectivity index (χ0v) is 10.2. The van der Waals surface area contributed by atoms with Gasteiger partial charge in [-0.3, -0.25) is 0 Å². The fraction of sp³-hybridized carbons (Fsp3) is 0.364. The lowest BCUT2D eigenvalue weighted by atomic mass is 10.0. The van der Waals surface area contributed by atoms with Crippen molar-refractivity contribution in [1.29, 1.82) is 0 Å². The Morgan fingerprint density at radius 2 is 2.24 bits per heavy atom. The first-order valence-corrected chi connectivity index (χ1v) is 5.62. The Balaban J connectivity index is 2.72. The second-order valence-electron chi connectivity index (χ2n) is 4.26. The number of carboxylic acid groups (broad SMARTS) is 1. The van der Waals surface area contributed by atoms with E-state index in [-0.39, 0.29) is 10.7 Å². The third-order valence-corrected chi connectivity index (χ3v) is 2.72. The number of aromatic amines is 1. The van der Waals surface area contributed by atoms with Gasteiger partial charge in [0, 0.05) is 0 Å². The standard InChI is InChI=1S/C11H12ClN3O2/c1-5(2)3-6-7-8(11(16)17)9(12)15-10(7)14-4-13-6/h4-5H,3H2,1-2H3,(H,16,17)(H,13,14,15). The van der Waals surface area contributed by atoms with Crippen LogP contribution in [-0.2, 0) is 6.42 Å². The molecule has 6 heteroatoms. The highest BCUT2D eigenvalue weighted by Crippen LogP contribution is 2.27. The van der Waals surface area contributed by atoms with Gasteiger partial charge in [0.05, 0.1) is 11.1 Å². The molecular weight excluding hydrogens is 242 g/mol. The lowest BCUT2D eigenvalue weighted by Crippen LogP contribution is -2.02. The molecule has 90 valence electrons. The van der Waals surface area contributed by atoms with Crippen LogP contribution in [0.1, 0.15) is 29.9 Å². The Hall–Kier alpha value is -1.62. The lowest BCUT2D eigenvalue weighted by molar-refractivity contribution is 0.0699. The Morgan fingerprint density at radius 3 is 2.82 bits per heavy atom. The predicted molar refractivity (Wildman–Crippen MR) is 64.4 cm³/mol. The van der Waals surface area contributed by atoms with Gasteiger partial charge in [0.1, 0.15) is 22.7 Å². The summed E-state index contributed by atoms with van der Waals surface area (Å²) in [5, 5.41) is 9.76. The quantitative estimate of drug-likeness (QED) is 0.881. The smallest absolute Gasteiger partial charge is 0.339 e. The maximum atomic E-state index is 11.2. The number of carboxylic acids is 1.